The van der Waals surface area contributed by atoms with Gasteiger partial charge in [-0.25, -0.2) is 4.98 Å². The Bertz CT molecular complexity index is 1260. The summed E-state index contributed by atoms with van der Waals surface area (Å²) in [6, 6.07) is 14.1. The molecule has 6 nitrogen and oxygen atoms in total. The highest BCUT2D eigenvalue weighted by Gasteiger charge is 2.31. The van der Waals surface area contributed by atoms with Gasteiger partial charge in [0.15, 0.2) is 12.2 Å². The zero-order chi connectivity index (χ0) is 24.5. The van der Waals surface area contributed by atoms with Crippen LogP contribution in [0.3, 0.4) is 0 Å². The summed E-state index contributed by atoms with van der Waals surface area (Å²) in [6.07, 6.45) is 1.23. The van der Waals surface area contributed by atoms with Crippen LogP contribution in [0, 0.1) is 20.8 Å². The Morgan fingerprint density at radius 2 is 1.89 bits per heavy atom. The number of aromatic nitrogens is 1. The van der Waals surface area contributed by atoms with Gasteiger partial charge < -0.3 is 14.8 Å². The number of nitrogens with zero attached hydrogens (tertiary/aromatic N) is 3. The third-order valence-corrected chi connectivity index (χ3v) is 8.15. The molecule has 182 valence electrons. The van der Waals surface area contributed by atoms with E-state index in [4.69, 9.17) is 9.82 Å². The van der Waals surface area contributed by atoms with Crippen LogP contribution >= 0.6 is 11.3 Å². The number of carbonyl (C=O) groups is 1. The molecule has 1 N–H and O–H groups in total. The molecule has 1 amide bonds. The molecular formula is C28H31N3O3S. The van der Waals surface area contributed by atoms with E-state index in [1.54, 1.807) is 16.2 Å². The maximum atomic E-state index is 13.0. The number of aliphatic hydroxyl groups excluding tert-OH is 1. The summed E-state index contributed by atoms with van der Waals surface area (Å²) in [5, 5.41) is 18.2. The monoisotopic (exact) mass is 489 g/mol. The number of amides is 1. The molecular weight excluding hydrogens is 458 g/mol. The number of carbonyl (C=O) groups excluding carboxylic acids is 1. The number of hydrogen-bond donors (Lipinski definition) is 1. The fourth-order valence-corrected chi connectivity index (χ4v) is 5.96. The van der Waals surface area contributed by atoms with E-state index in [1.165, 1.54) is 11.1 Å². The van der Waals surface area contributed by atoms with Crippen molar-refractivity contribution in [2.45, 2.75) is 58.2 Å². The van der Waals surface area contributed by atoms with Gasteiger partial charge in [-0.1, -0.05) is 53.2 Å². The Hall–Kier alpha value is -3.03. The van der Waals surface area contributed by atoms with Crippen LogP contribution in [-0.4, -0.2) is 39.7 Å². The number of thiazole rings is 1. The van der Waals surface area contributed by atoms with Gasteiger partial charge >= 0.3 is 0 Å². The fraction of sp³-hybridized carbons (Fsp3) is 0.393. The van der Waals surface area contributed by atoms with Crippen LogP contribution in [0.5, 0.6) is 0 Å². The lowest BCUT2D eigenvalue weighted by molar-refractivity contribution is -0.141. The Morgan fingerprint density at radius 1 is 1.11 bits per heavy atom. The summed E-state index contributed by atoms with van der Waals surface area (Å²) in [6.45, 7) is 7.25. The zero-order valence-electron chi connectivity index (χ0n) is 20.4. The summed E-state index contributed by atoms with van der Waals surface area (Å²) in [7, 11) is 0. The van der Waals surface area contributed by atoms with Crippen LogP contribution < -0.4 is 0 Å². The predicted molar refractivity (Wildman–Crippen MR) is 138 cm³/mol. The largest absolute Gasteiger partial charge is 0.387 e. The number of rotatable bonds is 5. The number of benzene rings is 2. The number of aliphatic hydroxyl groups is 1. The molecule has 0 spiro atoms. The third kappa shape index (κ3) is 4.88. The van der Waals surface area contributed by atoms with E-state index in [-0.39, 0.29) is 12.0 Å². The number of likely N-dealkylation sites (tertiary alicyclic amines) is 1. The number of aryl methyl sites for hydroxylation is 3. The van der Waals surface area contributed by atoms with Crippen molar-refractivity contribution >= 4 is 23.0 Å². The minimum atomic E-state index is -1.11. The van der Waals surface area contributed by atoms with Crippen molar-refractivity contribution in [2.24, 2.45) is 5.16 Å². The van der Waals surface area contributed by atoms with Crippen LogP contribution in [0.1, 0.15) is 75.9 Å². The van der Waals surface area contributed by atoms with Gasteiger partial charge in [0.1, 0.15) is 5.71 Å². The topological polar surface area (TPSA) is 75.0 Å². The zero-order valence-corrected chi connectivity index (χ0v) is 21.2. The maximum Gasteiger partial charge on any atom is 0.256 e. The standard InChI is InChI=1S/C28H31N3O3S/c1-17-8-9-19(3)22(14-17)26(32)28(33)31-12-10-20(11-13-31)27-29-24(16-35-27)23-15-25(34-30-23)21-7-5-4-6-18(21)2/h4-9,14,16,20,25-26,32H,10-13,15H2,1-3H3/t25-,26?/m1/s1. The molecule has 0 bridgehead atoms. The molecule has 2 atom stereocenters. The quantitative estimate of drug-likeness (QED) is 0.523. The third-order valence-electron chi connectivity index (χ3n) is 7.14. The van der Waals surface area contributed by atoms with Gasteiger partial charge in [-0.2, -0.15) is 0 Å². The van der Waals surface area contributed by atoms with E-state index in [1.807, 2.05) is 44.2 Å². The van der Waals surface area contributed by atoms with Crippen molar-refractivity contribution in [2.75, 3.05) is 13.1 Å². The first-order chi connectivity index (χ1) is 16.9. The Kier molecular flexibility index (Phi) is 6.71. The molecule has 0 saturated carbocycles. The van der Waals surface area contributed by atoms with Crippen molar-refractivity contribution in [1.29, 1.82) is 0 Å². The van der Waals surface area contributed by atoms with Gasteiger partial charge in [0, 0.05) is 30.8 Å². The van der Waals surface area contributed by atoms with Crippen LogP contribution in [-0.2, 0) is 9.63 Å². The molecule has 1 saturated heterocycles. The van der Waals surface area contributed by atoms with Crippen LogP contribution in [0.4, 0.5) is 0 Å². The second-order valence-corrected chi connectivity index (χ2v) is 10.5. The smallest absolute Gasteiger partial charge is 0.256 e. The summed E-state index contributed by atoms with van der Waals surface area (Å²) in [4.78, 5) is 25.4. The van der Waals surface area contributed by atoms with Crippen molar-refractivity contribution < 1.29 is 14.7 Å². The lowest BCUT2D eigenvalue weighted by Crippen LogP contribution is -2.40. The highest BCUT2D eigenvalue weighted by atomic mass is 32.1. The average Bonchev–Trinajstić information content (AvgIpc) is 3.55. The number of hydrogen-bond acceptors (Lipinski definition) is 6. The molecule has 5 rings (SSSR count). The van der Waals surface area contributed by atoms with Crippen molar-refractivity contribution in [3.05, 3.63) is 86.4 Å². The van der Waals surface area contributed by atoms with E-state index in [9.17, 15) is 9.90 Å². The van der Waals surface area contributed by atoms with E-state index in [0.717, 1.165) is 46.8 Å². The Balaban J connectivity index is 1.19. The number of piperidine rings is 1. The molecule has 1 aromatic heterocycles. The number of oxime groups is 1. The van der Waals surface area contributed by atoms with Crippen LogP contribution in [0.15, 0.2) is 53.0 Å². The van der Waals surface area contributed by atoms with Crippen LogP contribution in [0.25, 0.3) is 0 Å². The molecule has 2 aliphatic rings. The molecule has 0 radical (unpaired) electrons. The molecule has 0 aliphatic carbocycles. The van der Waals surface area contributed by atoms with Gasteiger partial charge in [-0.3, -0.25) is 4.79 Å². The molecule has 3 heterocycles. The molecule has 7 heteroatoms. The summed E-state index contributed by atoms with van der Waals surface area (Å²) in [5.41, 5.74) is 6.84. The molecule has 35 heavy (non-hydrogen) atoms. The summed E-state index contributed by atoms with van der Waals surface area (Å²) in [5.74, 6) is 0.0995. The van der Waals surface area contributed by atoms with Crippen molar-refractivity contribution in [3.63, 3.8) is 0 Å². The van der Waals surface area contributed by atoms with Crippen molar-refractivity contribution in [3.8, 4) is 0 Å². The SMILES string of the molecule is Cc1ccc(C)c(C(O)C(=O)N2CCC(c3nc(C4=NO[C@@H](c5ccccc5C)C4)cs3)CC2)c1. The second-order valence-electron chi connectivity index (χ2n) is 9.63. The fourth-order valence-electron chi connectivity index (χ4n) is 4.96. The molecule has 2 aromatic carbocycles. The highest BCUT2D eigenvalue weighted by Crippen LogP contribution is 2.35. The highest BCUT2D eigenvalue weighted by molar-refractivity contribution is 7.10. The Morgan fingerprint density at radius 3 is 2.66 bits per heavy atom. The van der Waals surface area contributed by atoms with Gasteiger partial charge in [0.05, 0.1) is 10.7 Å². The van der Waals surface area contributed by atoms with E-state index in [2.05, 4.69) is 29.6 Å². The van der Waals surface area contributed by atoms with Crippen molar-refractivity contribution in [1.82, 2.24) is 9.88 Å². The van der Waals surface area contributed by atoms with Gasteiger partial charge in [-0.05, 0) is 55.9 Å². The lowest BCUT2D eigenvalue weighted by Gasteiger charge is -2.32. The van der Waals surface area contributed by atoms with E-state index < -0.39 is 6.10 Å². The van der Waals surface area contributed by atoms with Gasteiger partial charge in [0.2, 0.25) is 0 Å². The minimum Gasteiger partial charge on any atom is -0.387 e. The van der Waals surface area contributed by atoms with Gasteiger partial charge in [-0.15, -0.1) is 11.3 Å². The predicted octanol–water partition coefficient (Wildman–Crippen LogP) is 5.37. The summed E-state index contributed by atoms with van der Waals surface area (Å²) >= 11 is 1.66. The van der Waals surface area contributed by atoms with Crippen LogP contribution in [0.2, 0.25) is 0 Å². The normalized spacial score (nSPS) is 19.4. The molecule has 1 fully saturated rings. The summed E-state index contributed by atoms with van der Waals surface area (Å²) < 4.78 is 0. The maximum absolute atomic E-state index is 13.0. The first-order valence-corrected chi connectivity index (χ1v) is 13.1. The first-order valence-electron chi connectivity index (χ1n) is 12.2. The van der Waals surface area contributed by atoms with E-state index >= 15 is 0 Å². The lowest BCUT2D eigenvalue weighted by atomic mass is 9.95. The van der Waals surface area contributed by atoms with E-state index in [0.29, 0.717) is 24.6 Å². The second kappa shape index (κ2) is 9.91. The average molecular weight is 490 g/mol. The molecule has 2 aliphatic heterocycles. The molecule has 3 aromatic rings. The molecule has 1 unspecified atom stereocenters. The van der Waals surface area contributed by atoms with Gasteiger partial charge in [0.25, 0.3) is 5.91 Å². The Labute approximate surface area is 210 Å². The minimum absolute atomic E-state index is 0.0610. The first kappa shape index (κ1) is 23.7.